The van der Waals surface area contributed by atoms with Crippen molar-refractivity contribution in [2.75, 3.05) is 6.61 Å². The zero-order valence-electron chi connectivity index (χ0n) is 7.90. The van der Waals surface area contributed by atoms with E-state index >= 15 is 0 Å². The molecule has 0 bridgehead atoms. The Morgan fingerprint density at radius 1 is 1.33 bits per heavy atom. The second-order valence-electron chi connectivity index (χ2n) is 4.82. The SMILES string of the molecule is CC1(C)CCC12CC(Cl)CCO2. The monoisotopic (exact) mass is 188 g/mol. The Morgan fingerprint density at radius 3 is 2.42 bits per heavy atom. The lowest BCUT2D eigenvalue weighted by Crippen LogP contribution is -2.58. The third-order valence-electron chi connectivity index (χ3n) is 3.75. The van der Waals surface area contributed by atoms with Gasteiger partial charge in [0.05, 0.1) is 5.60 Å². The van der Waals surface area contributed by atoms with Crippen LogP contribution in [0.1, 0.15) is 39.5 Å². The third kappa shape index (κ3) is 1.10. The molecular weight excluding hydrogens is 172 g/mol. The standard InChI is InChI=1S/C10H17ClO/c1-9(2)4-5-10(9)7-8(11)3-6-12-10/h8H,3-7H2,1-2H3. The number of hydrogen-bond donors (Lipinski definition) is 0. The van der Waals surface area contributed by atoms with Gasteiger partial charge in [0.15, 0.2) is 0 Å². The minimum Gasteiger partial charge on any atom is -0.374 e. The summed E-state index contributed by atoms with van der Waals surface area (Å²) in [5, 5.41) is 0.346. The van der Waals surface area contributed by atoms with Gasteiger partial charge in [-0.3, -0.25) is 0 Å². The molecule has 2 fully saturated rings. The Bertz CT molecular complexity index is 190. The van der Waals surface area contributed by atoms with Crippen molar-refractivity contribution in [3.8, 4) is 0 Å². The number of rotatable bonds is 0. The van der Waals surface area contributed by atoms with Crippen LogP contribution in [0, 0.1) is 5.41 Å². The molecule has 2 heteroatoms. The van der Waals surface area contributed by atoms with E-state index in [-0.39, 0.29) is 5.60 Å². The van der Waals surface area contributed by atoms with E-state index in [0.29, 0.717) is 10.8 Å². The summed E-state index contributed by atoms with van der Waals surface area (Å²) in [7, 11) is 0. The predicted octanol–water partition coefficient (Wildman–Crippen LogP) is 2.96. The highest BCUT2D eigenvalue weighted by Crippen LogP contribution is 2.56. The molecule has 2 unspecified atom stereocenters. The summed E-state index contributed by atoms with van der Waals surface area (Å²) >= 11 is 6.16. The van der Waals surface area contributed by atoms with Crippen molar-refractivity contribution in [1.29, 1.82) is 0 Å². The molecular formula is C10H17ClO. The molecule has 12 heavy (non-hydrogen) atoms. The van der Waals surface area contributed by atoms with Crippen molar-refractivity contribution in [2.24, 2.45) is 5.41 Å². The molecule has 2 aliphatic rings. The minimum absolute atomic E-state index is 0.137. The molecule has 1 saturated carbocycles. The average molecular weight is 189 g/mol. The van der Waals surface area contributed by atoms with Crippen molar-refractivity contribution in [3.63, 3.8) is 0 Å². The van der Waals surface area contributed by atoms with E-state index in [2.05, 4.69) is 13.8 Å². The lowest BCUT2D eigenvalue weighted by atomic mass is 9.56. The first kappa shape index (κ1) is 8.83. The molecule has 0 aromatic carbocycles. The van der Waals surface area contributed by atoms with Crippen LogP contribution < -0.4 is 0 Å². The van der Waals surface area contributed by atoms with Crippen LogP contribution in [-0.2, 0) is 4.74 Å². The van der Waals surface area contributed by atoms with Crippen molar-refractivity contribution in [1.82, 2.24) is 0 Å². The summed E-state index contributed by atoms with van der Waals surface area (Å²) in [6, 6.07) is 0. The van der Waals surface area contributed by atoms with Crippen LogP contribution in [0.25, 0.3) is 0 Å². The van der Waals surface area contributed by atoms with Crippen molar-refractivity contribution in [3.05, 3.63) is 0 Å². The van der Waals surface area contributed by atoms with E-state index in [4.69, 9.17) is 16.3 Å². The van der Waals surface area contributed by atoms with Crippen LogP contribution in [0.3, 0.4) is 0 Å². The van der Waals surface area contributed by atoms with Crippen LogP contribution in [-0.4, -0.2) is 17.6 Å². The van der Waals surface area contributed by atoms with Gasteiger partial charge in [-0.05, 0) is 31.1 Å². The molecule has 0 aromatic heterocycles. The first-order valence-corrected chi connectivity index (χ1v) is 5.27. The molecule has 1 spiro atoms. The smallest absolute Gasteiger partial charge is 0.0747 e. The largest absolute Gasteiger partial charge is 0.374 e. The highest BCUT2D eigenvalue weighted by Gasteiger charge is 2.55. The Labute approximate surface area is 79.4 Å². The lowest BCUT2D eigenvalue weighted by Gasteiger charge is -2.58. The van der Waals surface area contributed by atoms with E-state index in [0.717, 1.165) is 19.4 Å². The Hall–Kier alpha value is 0.250. The van der Waals surface area contributed by atoms with Crippen LogP contribution in [0.15, 0.2) is 0 Å². The van der Waals surface area contributed by atoms with E-state index in [1.165, 1.54) is 12.8 Å². The lowest BCUT2D eigenvalue weighted by molar-refractivity contribution is -0.208. The molecule has 1 aliphatic carbocycles. The van der Waals surface area contributed by atoms with Gasteiger partial charge in [-0.1, -0.05) is 13.8 Å². The van der Waals surface area contributed by atoms with Crippen LogP contribution in [0.4, 0.5) is 0 Å². The van der Waals surface area contributed by atoms with Gasteiger partial charge in [-0.2, -0.15) is 0 Å². The summed E-state index contributed by atoms with van der Waals surface area (Å²) in [4.78, 5) is 0. The third-order valence-corrected chi connectivity index (χ3v) is 4.12. The fraction of sp³-hybridized carbons (Fsp3) is 1.00. The molecule has 1 nitrogen and oxygen atoms in total. The molecule has 2 rings (SSSR count). The van der Waals surface area contributed by atoms with Gasteiger partial charge in [-0.15, -0.1) is 11.6 Å². The van der Waals surface area contributed by atoms with Gasteiger partial charge in [0.25, 0.3) is 0 Å². The fourth-order valence-corrected chi connectivity index (χ4v) is 2.79. The number of hydrogen-bond acceptors (Lipinski definition) is 1. The quantitative estimate of drug-likeness (QED) is 0.532. The normalized spacial score (nSPS) is 45.8. The average Bonchev–Trinajstić information content (AvgIpc) is 2.03. The molecule has 0 radical (unpaired) electrons. The Balaban J connectivity index is 2.10. The van der Waals surface area contributed by atoms with E-state index in [1.54, 1.807) is 0 Å². The zero-order chi connectivity index (χ0) is 8.82. The summed E-state index contributed by atoms with van der Waals surface area (Å²) < 4.78 is 5.90. The molecule has 2 atom stereocenters. The highest BCUT2D eigenvalue weighted by molar-refractivity contribution is 6.20. The molecule has 0 aromatic rings. The maximum absolute atomic E-state index is 6.16. The summed E-state index contributed by atoms with van der Waals surface area (Å²) in [5.41, 5.74) is 0.498. The maximum atomic E-state index is 6.16. The van der Waals surface area contributed by atoms with E-state index in [9.17, 15) is 0 Å². The second kappa shape index (κ2) is 2.62. The molecule has 0 N–H and O–H groups in total. The molecule has 1 heterocycles. The first-order chi connectivity index (χ1) is 5.56. The van der Waals surface area contributed by atoms with Gasteiger partial charge in [-0.25, -0.2) is 0 Å². The predicted molar refractivity (Wildman–Crippen MR) is 50.6 cm³/mol. The minimum atomic E-state index is 0.137. The first-order valence-electron chi connectivity index (χ1n) is 4.84. The van der Waals surface area contributed by atoms with Crippen LogP contribution in [0.5, 0.6) is 0 Å². The number of ether oxygens (including phenoxy) is 1. The summed E-state index contributed by atoms with van der Waals surface area (Å²) in [5.74, 6) is 0. The highest BCUT2D eigenvalue weighted by atomic mass is 35.5. The number of alkyl halides is 1. The van der Waals surface area contributed by atoms with E-state index < -0.39 is 0 Å². The fourth-order valence-electron chi connectivity index (χ4n) is 2.45. The zero-order valence-corrected chi connectivity index (χ0v) is 8.66. The van der Waals surface area contributed by atoms with Crippen LogP contribution >= 0.6 is 11.6 Å². The van der Waals surface area contributed by atoms with Crippen molar-refractivity contribution in [2.45, 2.75) is 50.5 Å². The Kier molecular flexibility index (Phi) is 1.93. The molecule has 0 amide bonds. The summed E-state index contributed by atoms with van der Waals surface area (Å²) in [6.45, 7) is 5.45. The molecule has 1 aliphatic heterocycles. The molecule has 1 saturated heterocycles. The maximum Gasteiger partial charge on any atom is 0.0747 e. The van der Waals surface area contributed by atoms with Gasteiger partial charge >= 0.3 is 0 Å². The van der Waals surface area contributed by atoms with Gasteiger partial charge in [0.1, 0.15) is 0 Å². The van der Waals surface area contributed by atoms with E-state index in [1.807, 2.05) is 0 Å². The van der Waals surface area contributed by atoms with Crippen LogP contribution in [0.2, 0.25) is 0 Å². The van der Waals surface area contributed by atoms with Gasteiger partial charge in [0.2, 0.25) is 0 Å². The summed E-state index contributed by atoms with van der Waals surface area (Å²) in [6.07, 6.45) is 4.58. The van der Waals surface area contributed by atoms with Gasteiger partial charge < -0.3 is 4.74 Å². The van der Waals surface area contributed by atoms with Crippen molar-refractivity contribution < 1.29 is 4.74 Å². The second-order valence-corrected chi connectivity index (χ2v) is 5.43. The van der Waals surface area contributed by atoms with Gasteiger partial charge in [0, 0.05) is 12.0 Å². The topological polar surface area (TPSA) is 9.23 Å². The van der Waals surface area contributed by atoms with Crippen molar-refractivity contribution >= 4 is 11.6 Å². The molecule has 70 valence electrons. The number of halogens is 1. The Morgan fingerprint density at radius 2 is 2.08 bits per heavy atom.